The van der Waals surface area contributed by atoms with Crippen molar-refractivity contribution in [2.75, 3.05) is 27.0 Å². The normalized spacial score (nSPS) is 27.8. The summed E-state index contributed by atoms with van der Waals surface area (Å²) in [6.07, 6.45) is 3.44. The Balaban J connectivity index is 1.25. The predicted octanol–water partition coefficient (Wildman–Crippen LogP) is 2.97. The maximum atomic E-state index is 12.7. The van der Waals surface area contributed by atoms with E-state index < -0.39 is 0 Å². The van der Waals surface area contributed by atoms with Gasteiger partial charge in [0.15, 0.2) is 17.3 Å². The Morgan fingerprint density at radius 2 is 2.03 bits per heavy atom. The summed E-state index contributed by atoms with van der Waals surface area (Å²) in [5.41, 5.74) is 2.02. The number of nitrogens with zero attached hydrogens (tertiary/aromatic N) is 1. The minimum atomic E-state index is -0.158. The fourth-order valence-electron chi connectivity index (χ4n) is 5.25. The van der Waals surface area contributed by atoms with Gasteiger partial charge in [0.2, 0.25) is 6.79 Å². The lowest BCUT2D eigenvalue weighted by molar-refractivity contribution is 0.0121. The number of para-hydroxylation sites is 1. The number of fused-ring (bicyclic) bond motifs is 2. The van der Waals surface area contributed by atoms with Crippen LogP contribution in [0.3, 0.4) is 0 Å². The molecule has 1 aromatic heterocycles. The molecular weight excluding hydrogens is 384 g/mol. The summed E-state index contributed by atoms with van der Waals surface area (Å²) in [4.78, 5) is 15.2. The van der Waals surface area contributed by atoms with Gasteiger partial charge in [0.25, 0.3) is 5.91 Å². The van der Waals surface area contributed by atoms with Crippen molar-refractivity contribution < 1.29 is 23.4 Å². The van der Waals surface area contributed by atoms with E-state index in [1.165, 1.54) is 5.56 Å². The zero-order valence-corrected chi connectivity index (χ0v) is 17.4. The second kappa shape index (κ2) is 7.96. The van der Waals surface area contributed by atoms with E-state index in [-0.39, 0.29) is 18.1 Å². The van der Waals surface area contributed by atoms with E-state index in [9.17, 15) is 4.79 Å². The fourth-order valence-corrected chi connectivity index (χ4v) is 5.25. The molecule has 2 aliphatic heterocycles. The van der Waals surface area contributed by atoms with E-state index in [1.807, 2.05) is 25.1 Å². The van der Waals surface area contributed by atoms with Gasteiger partial charge < -0.3 is 23.9 Å². The Morgan fingerprint density at radius 1 is 1.20 bits per heavy atom. The molecule has 2 aromatic rings. The number of nitrogens with one attached hydrogen (secondary N) is 1. The molecule has 0 bridgehead atoms. The van der Waals surface area contributed by atoms with Gasteiger partial charge in [0, 0.05) is 37.9 Å². The van der Waals surface area contributed by atoms with Gasteiger partial charge in [-0.3, -0.25) is 9.69 Å². The monoisotopic (exact) mass is 412 g/mol. The summed E-state index contributed by atoms with van der Waals surface area (Å²) >= 11 is 0. The van der Waals surface area contributed by atoms with E-state index in [0.717, 1.165) is 49.5 Å². The first-order valence-electron chi connectivity index (χ1n) is 10.6. The highest BCUT2D eigenvalue weighted by molar-refractivity contribution is 5.93. The van der Waals surface area contributed by atoms with Crippen LogP contribution in [-0.4, -0.2) is 49.9 Å². The fraction of sp³-hybridized carbons (Fsp3) is 0.522. The molecule has 3 aliphatic rings. The Kier molecular flexibility index (Phi) is 5.16. The van der Waals surface area contributed by atoms with Crippen LogP contribution in [0, 0.1) is 18.8 Å². The zero-order chi connectivity index (χ0) is 20.7. The molecule has 1 N–H and O–H groups in total. The van der Waals surface area contributed by atoms with Crippen LogP contribution >= 0.6 is 0 Å². The molecule has 0 spiro atoms. The highest BCUT2D eigenvalue weighted by atomic mass is 16.7. The van der Waals surface area contributed by atoms with Gasteiger partial charge in [-0.15, -0.1) is 0 Å². The molecule has 7 heteroatoms. The number of ether oxygens (including phenoxy) is 3. The van der Waals surface area contributed by atoms with Gasteiger partial charge in [0.1, 0.15) is 0 Å². The first-order valence-corrected chi connectivity index (χ1v) is 10.6. The highest BCUT2D eigenvalue weighted by Gasteiger charge is 2.43. The minimum Gasteiger partial charge on any atom is -0.459 e. The number of benzene rings is 1. The molecule has 30 heavy (non-hydrogen) atoms. The van der Waals surface area contributed by atoms with Gasteiger partial charge >= 0.3 is 0 Å². The summed E-state index contributed by atoms with van der Waals surface area (Å²) in [6, 6.07) is 7.89. The first-order chi connectivity index (χ1) is 14.6. The highest BCUT2D eigenvalue weighted by Crippen LogP contribution is 2.40. The van der Waals surface area contributed by atoms with Gasteiger partial charge in [0.05, 0.1) is 18.4 Å². The van der Waals surface area contributed by atoms with E-state index >= 15 is 0 Å². The van der Waals surface area contributed by atoms with E-state index in [2.05, 4.69) is 16.3 Å². The molecule has 1 aromatic carbocycles. The van der Waals surface area contributed by atoms with Crippen molar-refractivity contribution in [2.24, 2.45) is 11.8 Å². The van der Waals surface area contributed by atoms with Crippen molar-refractivity contribution in [1.29, 1.82) is 0 Å². The van der Waals surface area contributed by atoms with E-state index in [1.54, 1.807) is 13.4 Å². The summed E-state index contributed by atoms with van der Waals surface area (Å²) in [7, 11) is 1.74. The lowest BCUT2D eigenvalue weighted by atomic mass is 9.77. The predicted molar refractivity (Wildman–Crippen MR) is 110 cm³/mol. The SMILES string of the molecule is CO[C@H]1C[C@@H]2CN(Cc3cccc4c3OCO4)C[C@@H]2C[C@@H]1NC(=O)c1occc1C. The van der Waals surface area contributed by atoms with Gasteiger partial charge in [-0.25, -0.2) is 0 Å². The third-order valence-corrected chi connectivity index (χ3v) is 6.75. The zero-order valence-electron chi connectivity index (χ0n) is 17.4. The van der Waals surface area contributed by atoms with E-state index in [0.29, 0.717) is 24.4 Å². The van der Waals surface area contributed by atoms with Crippen LogP contribution in [0.15, 0.2) is 34.9 Å². The van der Waals surface area contributed by atoms with Crippen molar-refractivity contribution >= 4 is 5.91 Å². The topological polar surface area (TPSA) is 73.2 Å². The molecular formula is C23H28N2O5. The number of rotatable bonds is 5. The Morgan fingerprint density at radius 3 is 2.80 bits per heavy atom. The number of hydrogen-bond acceptors (Lipinski definition) is 6. The van der Waals surface area contributed by atoms with Gasteiger partial charge in [-0.05, 0) is 43.7 Å². The summed E-state index contributed by atoms with van der Waals surface area (Å²) < 4.78 is 22.3. The van der Waals surface area contributed by atoms with E-state index in [4.69, 9.17) is 18.6 Å². The Bertz CT molecular complexity index is 926. The molecule has 3 heterocycles. The quantitative estimate of drug-likeness (QED) is 0.814. The van der Waals surface area contributed by atoms with Crippen LogP contribution in [0.2, 0.25) is 0 Å². The van der Waals surface area contributed by atoms with Crippen molar-refractivity contribution in [2.45, 2.75) is 38.5 Å². The number of carbonyl (C=O) groups excluding carboxylic acids is 1. The van der Waals surface area contributed by atoms with Crippen molar-refractivity contribution in [1.82, 2.24) is 10.2 Å². The Hall–Kier alpha value is -2.51. The Labute approximate surface area is 176 Å². The third-order valence-electron chi connectivity index (χ3n) is 6.75. The maximum Gasteiger partial charge on any atom is 0.287 e. The molecule has 0 unspecified atom stereocenters. The molecule has 1 saturated carbocycles. The molecule has 2 fully saturated rings. The number of aryl methyl sites for hydroxylation is 1. The number of furan rings is 1. The van der Waals surface area contributed by atoms with Crippen LogP contribution in [0.1, 0.15) is 34.5 Å². The summed E-state index contributed by atoms with van der Waals surface area (Å²) in [6.45, 7) is 5.07. The van der Waals surface area contributed by atoms with Crippen molar-refractivity contribution in [3.05, 3.63) is 47.4 Å². The number of likely N-dealkylation sites (tertiary alicyclic amines) is 1. The van der Waals surface area contributed by atoms with Crippen LogP contribution in [-0.2, 0) is 11.3 Å². The average Bonchev–Trinajstić information content (AvgIpc) is 3.46. The maximum absolute atomic E-state index is 12.7. The van der Waals surface area contributed by atoms with Crippen molar-refractivity contribution in [3.63, 3.8) is 0 Å². The van der Waals surface area contributed by atoms with Crippen LogP contribution in [0.5, 0.6) is 11.5 Å². The number of methoxy groups -OCH3 is 1. The third kappa shape index (κ3) is 3.56. The number of amides is 1. The van der Waals surface area contributed by atoms with Crippen LogP contribution in [0.25, 0.3) is 0 Å². The smallest absolute Gasteiger partial charge is 0.287 e. The molecule has 1 amide bonds. The lowest BCUT2D eigenvalue weighted by Gasteiger charge is -2.37. The second-order valence-electron chi connectivity index (χ2n) is 8.62. The average molecular weight is 412 g/mol. The molecule has 1 saturated heterocycles. The standard InChI is InChI=1S/C23H28N2O5/c1-14-6-7-28-21(14)23(26)24-18-8-16-11-25(12-17(16)9-20(18)27-2)10-15-4-3-5-19-22(15)30-13-29-19/h3-7,16-18,20H,8-13H2,1-2H3,(H,24,26)/t16-,17+,18-,20-/m0/s1. The molecule has 0 radical (unpaired) electrons. The lowest BCUT2D eigenvalue weighted by Crippen LogP contribution is -2.50. The molecule has 7 nitrogen and oxygen atoms in total. The molecule has 1 aliphatic carbocycles. The number of hydrogen-bond donors (Lipinski definition) is 1. The molecule has 160 valence electrons. The molecule has 4 atom stereocenters. The minimum absolute atomic E-state index is 0.00842. The van der Waals surface area contributed by atoms with Crippen molar-refractivity contribution in [3.8, 4) is 11.5 Å². The first kappa shape index (κ1) is 19.5. The second-order valence-corrected chi connectivity index (χ2v) is 8.62. The van der Waals surface area contributed by atoms with Gasteiger partial charge in [-0.2, -0.15) is 0 Å². The summed E-state index contributed by atoms with van der Waals surface area (Å²) in [5.74, 6) is 3.05. The molecule has 5 rings (SSSR count). The van der Waals surface area contributed by atoms with Gasteiger partial charge in [-0.1, -0.05) is 12.1 Å². The summed E-state index contributed by atoms with van der Waals surface area (Å²) in [5, 5.41) is 3.16. The number of carbonyl (C=O) groups is 1. The van der Waals surface area contributed by atoms with Crippen LogP contribution in [0.4, 0.5) is 0 Å². The van der Waals surface area contributed by atoms with Crippen LogP contribution < -0.4 is 14.8 Å². The largest absolute Gasteiger partial charge is 0.459 e.